The lowest BCUT2D eigenvalue weighted by molar-refractivity contribution is -0.0644. The number of nitriles is 1. The second-order valence-electron chi connectivity index (χ2n) is 11.6. The highest BCUT2D eigenvalue weighted by molar-refractivity contribution is 7.13. The Balaban J connectivity index is 1.80. The fourth-order valence-corrected chi connectivity index (χ4v) is 6.52. The van der Waals surface area contributed by atoms with Crippen molar-refractivity contribution in [1.82, 2.24) is 19.3 Å². The zero-order chi connectivity index (χ0) is 28.8. The maximum atomic E-state index is 14.7. The number of nitrogens with zero attached hydrogens (tertiary/aromatic N) is 5. The molecule has 4 aromatic heterocycles. The largest absolute Gasteiger partial charge is 0.474 e. The number of fused-ring (bicyclic) bond motifs is 2. The van der Waals surface area contributed by atoms with Crippen LogP contribution in [0.3, 0.4) is 0 Å². The van der Waals surface area contributed by atoms with Crippen LogP contribution in [0.25, 0.3) is 33.4 Å². The number of thiophene rings is 1. The van der Waals surface area contributed by atoms with Gasteiger partial charge in [0.1, 0.15) is 41.2 Å². The molecule has 212 valence electrons. The second kappa shape index (κ2) is 10.7. The van der Waals surface area contributed by atoms with Crippen molar-refractivity contribution >= 4 is 30.4 Å². The number of alkyl halides is 2. The third kappa shape index (κ3) is 5.19. The van der Waals surface area contributed by atoms with E-state index in [0.29, 0.717) is 34.0 Å². The van der Waals surface area contributed by atoms with Crippen LogP contribution in [-0.4, -0.2) is 53.3 Å². The van der Waals surface area contributed by atoms with Gasteiger partial charge in [-0.25, -0.2) is 18.4 Å². The van der Waals surface area contributed by atoms with Gasteiger partial charge in [0.15, 0.2) is 0 Å². The molecule has 0 N–H and O–H groups in total. The van der Waals surface area contributed by atoms with Gasteiger partial charge < -0.3 is 18.8 Å². The number of aromatic nitrogens is 4. The molecule has 0 fully saturated rings. The molecular weight excluding hydrogens is 552 g/mol. The SMILES string of the molecule is COC1(C)COc2c(-c3c(-c4cc(C)sc4C#N)c4cccnc4n3COCC[Si](C)(C)C)c(C(F)F)nn2C1. The van der Waals surface area contributed by atoms with Crippen molar-refractivity contribution in [3.63, 3.8) is 0 Å². The molecule has 0 radical (unpaired) electrons. The minimum Gasteiger partial charge on any atom is -0.474 e. The van der Waals surface area contributed by atoms with E-state index in [9.17, 15) is 14.0 Å². The molecule has 12 heteroatoms. The van der Waals surface area contributed by atoms with E-state index in [4.69, 9.17) is 14.2 Å². The van der Waals surface area contributed by atoms with Crippen molar-refractivity contribution in [1.29, 1.82) is 5.26 Å². The summed E-state index contributed by atoms with van der Waals surface area (Å²) in [5.41, 5.74) is 1.40. The fraction of sp³-hybridized carbons (Fsp3) is 0.464. The number of rotatable bonds is 9. The summed E-state index contributed by atoms with van der Waals surface area (Å²) in [4.78, 5) is 6.08. The topological polar surface area (TPSA) is 87.1 Å². The summed E-state index contributed by atoms with van der Waals surface area (Å²) in [6.07, 6.45) is -1.20. The van der Waals surface area contributed by atoms with Gasteiger partial charge in [-0.1, -0.05) is 19.6 Å². The van der Waals surface area contributed by atoms with Gasteiger partial charge in [-0.05, 0) is 38.1 Å². The summed E-state index contributed by atoms with van der Waals surface area (Å²) in [7, 11) is 0.201. The van der Waals surface area contributed by atoms with Crippen molar-refractivity contribution in [3.05, 3.63) is 39.8 Å². The fourth-order valence-electron chi connectivity index (χ4n) is 4.95. The Kier molecular flexibility index (Phi) is 7.60. The standard InChI is InChI=1S/C28H33F2N5O3SSi/c1-17-12-19(20(13-31)39-17)21-18-8-7-9-32-26(18)34(16-37-10-11-40(4,5)6)24(21)22-23(25(29)30)33-35-14-28(2,36-3)15-38-27(22)35/h7-9,12,25H,10-11,14-16H2,1-6H3. The average molecular weight is 586 g/mol. The Hall–Kier alpha value is -3.11. The average Bonchev–Trinajstić information content (AvgIpc) is 3.56. The number of hydrogen-bond donors (Lipinski definition) is 0. The van der Waals surface area contributed by atoms with Crippen LogP contribution in [0.4, 0.5) is 8.78 Å². The van der Waals surface area contributed by atoms with Gasteiger partial charge in [-0.3, -0.25) is 0 Å². The summed E-state index contributed by atoms with van der Waals surface area (Å²) < 4.78 is 50.6. The molecule has 40 heavy (non-hydrogen) atoms. The van der Waals surface area contributed by atoms with Gasteiger partial charge >= 0.3 is 0 Å². The Bertz CT molecular complexity index is 1600. The van der Waals surface area contributed by atoms with E-state index in [2.05, 4.69) is 35.8 Å². The number of hydrogen-bond acceptors (Lipinski definition) is 7. The van der Waals surface area contributed by atoms with E-state index >= 15 is 0 Å². The summed E-state index contributed by atoms with van der Waals surface area (Å²) >= 11 is 1.36. The third-order valence-electron chi connectivity index (χ3n) is 7.13. The van der Waals surface area contributed by atoms with E-state index < -0.39 is 25.8 Å². The van der Waals surface area contributed by atoms with Crippen LogP contribution in [0.5, 0.6) is 5.88 Å². The molecule has 0 bridgehead atoms. The van der Waals surface area contributed by atoms with Crippen LogP contribution in [-0.2, 0) is 22.7 Å². The van der Waals surface area contributed by atoms with Gasteiger partial charge in [-0.2, -0.15) is 10.4 Å². The maximum Gasteiger partial charge on any atom is 0.282 e. The first-order valence-corrected chi connectivity index (χ1v) is 17.6. The van der Waals surface area contributed by atoms with E-state index in [1.807, 2.05) is 30.5 Å². The van der Waals surface area contributed by atoms with Crippen LogP contribution in [0.15, 0.2) is 24.4 Å². The normalized spacial score (nSPS) is 17.3. The summed E-state index contributed by atoms with van der Waals surface area (Å²) in [5, 5.41) is 15.1. The number of methoxy groups -OCH3 is 1. The van der Waals surface area contributed by atoms with Crippen LogP contribution in [0.2, 0.25) is 25.7 Å². The molecule has 1 unspecified atom stereocenters. The molecule has 1 aliphatic heterocycles. The molecule has 0 aromatic carbocycles. The zero-order valence-corrected chi connectivity index (χ0v) is 25.4. The highest BCUT2D eigenvalue weighted by Gasteiger charge is 2.39. The zero-order valence-electron chi connectivity index (χ0n) is 23.5. The predicted octanol–water partition coefficient (Wildman–Crippen LogP) is 6.86. The number of aryl methyl sites for hydroxylation is 1. The second-order valence-corrected chi connectivity index (χ2v) is 18.4. The number of ether oxygens (including phenoxy) is 3. The highest BCUT2D eigenvalue weighted by Crippen LogP contribution is 2.49. The molecule has 5 rings (SSSR count). The molecule has 1 atom stereocenters. The van der Waals surface area contributed by atoms with Gasteiger partial charge in [0.25, 0.3) is 6.43 Å². The highest BCUT2D eigenvalue weighted by atomic mass is 32.1. The van der Waals surface area contributed by atoms with Crippen molar-refractivity contribution < 1.29 is 23.0 Å². The molecule has 1 aliphatic rings. The lowest BCUT2D eigenvalue weighted by Gasteiger charge is -2.32. The Morgan fingerprint density at radius 1 is 1.30 bits per heavy atom. The molecule has 0 saturated carbocycles. The molecular formula is C28H33F2N5O3SSi. The Labute approximate surface area is 237 Å². The molecule has 0 spiro atoms. The summed E-state index contributed by atoms with van der Waals surface area (Å²) in [6, 6.07) is 8.87. The predicted molar refractivity (Wildman–Crippen MR) is 154 cm³/mol. The van der Waals surface area contributed by atoms with Crippen molar-refractivity contribution in [2.45, 2.75) is 64.8 Å². The van der Waals surface area contributed by atoms with Gasteiger partial charge in [0, 0.05) is 49.4 Å². The van der Waals surface area contributed by atoms with Gasteiger partial charge in [0.2, 0.25) is 5.88 Å². The van der Waals surface area contributed by atoms with E-state index in [0.717, 1.165) is 16.3 Å². The minimum absolute atomic E-state index is 0.0986. The van der Waals surface area contributed by atoms with Crippen molar-refractivity contribution in [3.8, 4) is 34.3 Å². The molecule has 5 heterocycles. The molecule has 0 amide bonds. The lowest BCUT2D eigenvalue weighted by atomic mass is 9.98. The van der Waals surface area contributed by atoms with Crippen LogP contribution >= 0.6 is 11.3 Å². The van der Waals surface area contributed by atoms with Crippen LogP contribution in [0.1, 0.15) is 28.8 Å². The van der Waals surface area contributed by atoms with E-state index in [-0.39, 0.29) is 31.3 Å². The van der Waals surface area contributed by atoms with Crippen LogP contribution < -0.4 is 4.74 Å². The van der Waals surface area contributed by atoms with Crippen molar-refractivity contribution in [2.24, 2.45) is 0 Å². The molecule has 0 saturated heterocycles. The summed E-state index contributed by atoms with van der Waals surface area (Å²) in [5.74, 6) is 0.239. The smallest absolute Gasteiger partial charge is 0.282 e. The van der Waals surface area contributed by atoms with Gasteiger partial charge in [0.05, 0.1) is 17.8 Å². The number of pyridine rings is 1. The van der Waals surface area contributed by atoms with Crippen LogP contribution in [0, 0.1) is 18.3 Å². The Morgan fingerprint density at radius 2 is 2.08 bits per heavy atom. The molecule has 0 aliphatic carbocycles. The molecule has 4 aromatic rings. The van der Waals surface area contributed by atoms with Crippen molar-refractivity contribution in [2.75, 3.05) is 20.3 Å². The quantitative estimate of drug-likeness (QED) is 0.158. The molecule has 8 nitrogen and oxygen atoms in total. The lowest BCUT2D eigenvalue weighted by Crippen LogP contribution is -2.43. The first-order chi connectivity index (χ1) is 19.0. The van der Waals surface area contributed by atoms with Gasteiger partial charge in [-0.15, -0.1) is 11.3 Å². The first kappa shape index (κ1) is 28.4. The Morgan fingerprint density at radius 3 is 2.75 bits per heavy atom. The summed E-state index contributed by atoms with van der Waals surface area (Å²) in [6.45, 7) is 11.6. The van der Waals surface area contributed by atoms with E-state index in [1.165, 1.54) is 16.0 Å². The van der Waals surface area contributed by atoms with E-state index in [1.54, 1.807) is 19.4 Å². The minimum atomic E-state index is -2.87. The third-order valence-corrected chi connectivity index (χ3v) is 9.79. The maximum absolute atomic E-state index is 14.7. The monoisotopic (exact) mass is 585 g/mol. The number of halogens is 2. The first-order valence-electron chi connectivity index (χ1n) is 13.1.